The van der Waals surface area contributed by atoms with Crippen LogP contribution >= 0.6 is 0 Å². The van der Waals surface area contributed by atoms with Crippen molar-refractivity contribution in [1.82, 2.24) is 15.1 Å². The maximum absolute atomic E-state index is 13.1. The van der Waals surface area contributed by atoms with E-state index in [1.165, 1.54) is 12.1 Å². The maximum Gasteiger partial charge on any atom is 0.326 e. The summed E-state index contributed by atoms with van der Waals surface area (Å²) in [6, 6.07) is 5.05. The predicted octanol–water partition coefficient (Wildman–Crippen LogP) is -0.0600. The lowest BCUT2D eigenvalue weighted by atomic mass is 9.92. The fraction of sp³-hybridized carbons (Fsp3) is 0.565. The van der Waals surface area contributed by atoms with E-state index in [4.69, 9.17) is 5.73 Å². The number of nitrogens with zero attached hydrogens (tertiary/aromatic N) is 2. The van der Waals surface area contributed by atoms with E-state index in [0.29, 0.717) is 44.5 Å². The number of nitrogens with two attached hydrogens (primary N) is 1. The van der Waals surface area contributed by atoms with Crippen LogP contribution in [0.2, 0.25) is 0 Å². The van der Waals surface area contributed by atoms with Crippen LogP contribution in [0.3, 0.4) is 0 Å². The lowest BCUT2D eigenvalue weighted by Gasteiger charge is -2.38. The fourth-order valence-electron chi connectivity index (χ4n) is 4.54. The number of amides is 3. The van der Waals surface area contributed by atoms with Gasteiger partial charge in [-0.15, -0.1) is 0 Å². The summed E-state index contributed by atoms with van der Waals surface area (Å²) in [6.45, 7) is 1.64. The van der Waals surface area contributed by atoms with Gasteiger partial charge in [-0.1, -0.05) is 12.1 Å². The molecule has 1 aromatic rings. The summed E-state index contributed by atoms with van der Waals surface area (Å²) in [7, 11) is 0. The first-order valence-electron chi connectivity index (χ1n) is 11.4. The number of aliphatic carboxylic acids is 1. The first-order chi connectivity index (χ1) is 15.8. The van der Waals surface area contributed by atoms with E-state index in [1.54, 1.807) is 21.9 Å². The normalized spacial score (nSPS) is 21.8. The minimum Gasteiger partial charge on any atom is -0.508 e. The lowest BCUT2D eigenvalue weighted by molar-refractivity contribution is -0.145. The van der Waals surface area contributed by atoms with Gasteiger partial charge in [0.1, 0.15) is 11.8 Å². The number of hydrogen-bond donors (Lipinski definition) is 4. The summed E-state index contributed by atoms with van der Waals surface area (Å²) in [5.41, 5.74) is 6.13. The number of carboxylic acid groups (broad SMARTS) is 1. The molecule has 33 heavy (non-hydrogen) atoms. The van der Waals surface area contributed by atoms with E-state index in [2.05, 4.69) is 5.32 Å². The van der Waals surface area contributed by atoms with Crippen LogP contribution in [0.15, 0.2) is 24.3 Å². The van der Waals surface area contributed by atoms with Gasteiger partial charge in [0, 0.05) is 32.6 Å². The van der Waals surface area contributed by atoms with Gasteiger partial charge in [-0.25, -0.2) is 4.79 Å². The third kappa shape index (κ3) is 6.44. The van der Waals surface area contributed by atoms with Crippen LogP contribution in [0.1, 0.15) is 31.2 Å². The molecule has 0 radical (unpaired) electrons. The van der Waals surface area contributed by atoms with E-state index < -0.39 is 17.9 Å². The first kappa shape index (κ1) is 24.5. The van der Waals surface area contributed by atoms with Gasteiger partial charge in [0.15, 0.2) is 0 Å². The molecule has 2 saturated heterocycles. The molecule has 10 nitrogen and oxygen atoms in total. The van der Waals surface area contributed by atoms with E-state index in [0.717, 1.165) is 6.42 Å². The third-order valence-electron chi connectivity index (χ3n) is 6.39. The smallest absolute Gasteiger partial charge is 0.326 e. The highest BCUT2D eigenvalue weighted by Gasteiger charge is 2.35. The number of carboxylic acids is 1. The van der Waals surface area contributed by atoms with Crippen molar-refractivity contribution in [2.75, 3.05) is 32.7 Å². The molecule has 0 aliphatic carbocycles. The van der Waals surface area contributed by atoms with E-state index >= 15 is 0 Å². The third-order valence-corrected chi connectivity index (χ3v) is 6.39. The zero-order valence-electron chi connectivity index (χ0n) is 18.6. The van der Waals surface area contributed by atoms with Crippen molar-refractivity contribution >= 4 is 23.7 Å². The Morgan fingerprint density at radius 1 is 1.00 bits per heavy atom. The Bertz CT molecular complexity index is 874. The van der Waals surface area contributed by atoms with Crippen molar-refractivity contribution in [1.29, 1.82) is 0 Å². The monoisotopic (exact) mass is 460 g/mol. The van der Waals surface area contributed by atoms with Gasteiger partial charge in [-0.2, -0.15) is 0 Å². The molecular formula is C23H32N4O6. The second-order valence-corrected chi connectivity index (χ2v) is 8.78. The molecule has 5 N–H and O–H groups in total. The van der Waals surface area contributed by atoms with Gasteiger partial charge < -0.3 is 31.1 Å². The molecule has 0 spiro atoms. The molecule has 2 heterocycles. The summed E-state index contributed by atoms with van der Waals surface area (Å²) in [5.74, 6) is -2.49. The van der Waals surface area contributed by atoms with Gasteiger partial charge in [0.25, 0.3) is 0 Å². The molecule has 2 aliphatic heterocycles. The minimum atomic E-state index is -1.15. The van der Waals surface area contributed by atoms with Crippen LogP contribution in [0.25, 0.3) is 0 Å². The average Bonchev–Trinajstić information content (AvgIpc) is 2.84. The minimum absolute atomic E-state index is 0.0686. The molecule has 2 fully saturated rings. The molecule has 3 amide bonds. The lowest BCUT2D eigenvalue weighted by Crippen LogP contribution is -2.53. The molecule has 0 saturated carbocycles. The molecule has 0 unspecified atom stereocenters. The van der Waals surface area contributed by atoms with Crippen molar-refractivity contribution in [2.24, 2.45) is 17.6 Å². The van der Waals surface area contributed by atoms with Crippen LogP contribution in [-0.4, -0.2) is 82.5 Å². The number of benzene rings is 1. The number of rotatable bonds is 7. The zero-order valence-corrected chi connectivity index (χ0v) is 18.6. The van der Waals surface area contributed by atoms with Crippen LogP contribution in [0.5, 0.6) is 5.75 Å². The van der Waals surface area contributed by atoms with Crippen molar-refractivity contribution in [3.8, 4) is 5.75 Å². The molecule has 3 atom stereocenters. The van der Waals surface area contributed by atoms with Crippen LogP contribution in [0.4, 0.5) is 0 Å². The van der Waals surface area contributed by atoms with E-state index in [-0.39, 0.29) is 48.9 Å². The Morgan fingerprint density at radius 3 is 2.24 bits per heavy atom. The number of phenolic OH excluding ortho intramolecular Hbond substituents is 1. The summed E-state index contributed by atoms with van der Waals surface area (Å²) in [4.78, 5) is 52.9. The second-order valence-electron chi connectivity index (χ2n) is 8.78. The summed E-state index contributed by atoms with van der Waals surface area (Å²) in [6.07, 6.45) is 2.73. The predicted molar refractivity (Wildman–Crippen MR) is 119 cm³/mol. The number of carbonyl (C=O) groups is 4. The van der Waals surface area contributed by atoms with Gasteiger partial charge in [-0.05, 0) is 43.4 Å². The molecule has 10 heteroatoms. The van der Waals surface area contributed by atoms with Crippen LogP contribution < -0.4 is 11.1 Å². The largest absolute Gasteiger partial charge is 0.508 e. The van der Waals surface area contributed by atoms with Crippen molar-refractivity contribution in [3.63, 3.8) is 0 Å². The number of phenols is 1. The summed E-state index contributed by atoms with van der Waals surface area (Å²) in [5, 5.41) is 21.6. The summed E-state index contributed by atoms with van der Waals surface area (Å²) < 4.78 is 0. The molecule has 2 aliphatic rings. The SMILES string of the molecule is NCC(=O)N1CCC[C@@H](C(=O)N2CCC[C@H](C(=O)N[C@@H](Cc3ccc(O)cc3)C(=O)O)C2)C1. The van der Waals surface area contributed by atoms with Gasteiger partial charge >= 0.3 is 5.97 Å². The molecule has 0 aromatic heterocycles. The first-order valence-corrected chi connectivity index (χ1v) is 11.4. The van der Waals surface area contributed by atoms with E-state index in [1.807, 2.05) is 0 Å². The Balaban J connectivity index is 1.58. The zero-order chi connectivity index (χ0) is 24.0. The van der Waals surface area contributed by atoms with Crippen molar-refractivity contribution in [3.05, 3.63) is 29.8 Å². The Labute approximate surface area is 192 Å². The summed E-state index contributed by atoms with van der Waals surface area (Å²) >= 11 is 0. The standard InChI is InChI=1S/C23H32N4O6/c24-12-20(29)26-9-2-4-17(14-26)22(31)27-10-1-3-16(13-27)21(30)25-19(23(32)33)11-15-5-7-18(28)8-6-15/h5-8,16-17,19,28H,1-4,9-14,24H2,(H,25,30)(H,32,33)/t16-,17+,19-/m0/s1. The maximum atomic E-state index is 13.1. The quantitative estimate of drug-likeness (QED) is 0.445. The molecule has 3 rings (SSSR count). The topological polar surface area (TPSA) is 153 Å². The number of likely N-dealkylation sites (tertiary alicyclic amines) is 2. The van der Waals surface area contributed by atoms with E-state index in [9.17, 15) is 29.4 Å². The van der Waals surface area contributed by atoms with Crippen molar-refractivity contribution in [2.45, 2.75) is 38.1 Å². The van der Waals surface area contributed by atoms with Gasteiger partial charge in [-0.3, -0.25) is 14.4 Å². The Morgan fingerprint density at radius 2 is 1.61 bits per heavy atom. The molecule has 180 valence electrons. The van der Waals surface area contributed by atoms with Crippen LogP contribution in [-0.2, 0) is 25.6 Å². The van der Waals surface area contributed by atoms with Gasteiger partial charge in [0.05, 0.1) is 18.4 Å². The van der Waals surface area contributed by atoms with Crippen LogP contribution in [0, 0.1) is 11.8 Å². The second kappa shape index (κ2) is 11.1. The number of nitrogens with one attached hydrogen (secondary N) is 1. The fourth-order valence-corrected chi connectivity index (χ4v) is 4.54. The highest BCUT2D eigenvalue weighted by molar-refractivity contribution is 5.86. The number of aromatic hydroxyl groups is 1. The highest BCUT2D eigenvalue weighted by atomic mass is 16.4. The highest BCUT2D eigenvalue weighted by Crippen LogP contribution is 2.24. The Hall–Kier alpha value is -3.14. The van der Waals surface area contributed by atoms with Crippen molar-refractivity contribution < 1.29 is 29.4 Å². The number of hydrogen-bond acceptors (Lipinski definition) is 6. The van der Waals surface area contributed by atoms with Gasteiger partial charge in [0.2, 0.25) is 17.7 Å². The number of piperidine rings is 2. The molecule has 0 bridgehead atoms. The molecule has 1 aromatic carbocycles. The Kier molecular flexibility index (Phi) is 8.26. The average molecular weight is 461 g/mol. The number of carbonyl (C=O) groups excluding carboxylic acids is 3. The molecular weight excluding hydrogens is 428 g/mol.